The number of aryl methyl sites for hydroxylation is 1. The number of hydrogen-bond acceptors (Lipinski definition) is 2. The van der Waals surface area contributed by atoms with Gasteiger partial charge in [0.05, 0.1) is 5.54 Å². The molecule has 0 aromatic heterocycles. The molecule has 1 aromatic rings. The van der Waals surface area contributed by atoms with Gasteiger partial charge in [-0.1, -0.05) is 6.07 Å². The zero-order chi connectivity index (χ0) is 11.1. The van der Waals surface area contributed by atoms with E-state index in [9.17, 15) is 9.18 Å². The zero-order valence-corrected chi connectivity index (χ0v) is 8.72. The Labute approximate surface area is 88.3 Å². The molecule has 1 saturated carbocycles. The Kier molecular flexibility index (Phi) is 2.35. The number of nitrogens with two attached hydrogens (primary N) is 1. The Balaban J connectivity index is 2.16. The van der Waals surface area contributed by atoms with E-state index in [0.29, 0.717) is 0 Å². The lowest BCUT2D eigenvalue weighted by molar-refractivity contribution is -0.120. The molecule has 1 aromatic carbocycles. The van der Waals surface area contributed by atoms with Gasteiger partial charge in [0.25, 0.3) is 0 Å². The van der Waals surface area contributed by atoms with Crippen LogP contribution >= 0.6 is 0 Å². The van der Waals surface area contributed by atoms with Crippen molar-refractivity contribution in [2.75, 3.05) is 0 Å². The number of halogens is 1. The molecule has 1 aliphatic carbocycles. The normalized spacial score (nSPS) is 17.5. The number of rotatable bonds is 3. The first-order chi connectivity index (χ1) is 7.01. The summed E-state index contributed by atoms with van der Waals surface area (Å²) >= 11 is 0. The Bertz CT molecular complexity index is 410. The lowest BCUT2D eigenvalue weighted by atomic mass is 9.99. The van der Waals surface area contributed by atoms with Gasteiger partial charge in [0.1, 0.15) is 5.82 Å². The van der Waals surface area contributed by atoms with Crippen LogP contribution in [0.2, 0.25) is 0 Å². The van der Waals surface area contributed by atoms with Crippen LogP contribution in [0.25, 0.3) is 0 Å². The first-order valence-corrected chi connectivity index (χ1v) is 5.08. The predicted molar refractivity (Wildman–Crippen MR) is 56.0 cm³/mol. The van der Waals surface area contributed by atoms with Crippen molar-refractivity contribution >= 4 is 5.78 Å². The molecular formula is C12H14FNO. The summed E-state index contributed by atoms with van der Waals surface area (Å²) in [5.74, 6) is -0.276. The number of carbonyl (C=O) groups is 1. The summed E-state index contributed by atoms with van der Waals surface area (Å²) in [6.07, 6.45) is 1.78. The molecule has 2 rings (SSSR count). The van der Waals surface area contributed by atoms with E-state index < -0.39 is 5.54 Å². The first kappa shape index (κ1) is 10.3. The van der Waals surface area contributed by atoms with Gasteiger partial charge in [0, 0.05) is 6.42 Å². The van der Waals surface area contributed by atoms with E-state index in [1.165, 1.54) is 12.1 Å². The van der Waals surface area contributed by atoms with E-state index in [4.69, 9.17) is 5.73 Å². The first-order valence-electron chi connectivity index (χ1n) is 5.08. The van der Waals surface area contributed by atoms with Gasteiger partial charge in [-0.15, -0.1) is 0 Å². The van der Waals surface area contributed by atoms with Crippen molar-refractivity contribution in [1.29, 1.82) is 0 Å². The molecule has 2 N–H and O–H groups in total. The maximum absolute atomic E-state index is 13.0. The molecular weight excluding hydrogens is 193 g/mol. The highest BCUT2D eigenvalue weighted by Gasteiger charge is 2.45. The Morgan fingerprint density at radius 2 is 2.20 bits per heavy atom. The molecule has 0 radical (unpaired) electrons. The molecule has 1 aliphatic rings. The fourth-order valence-electron chi connectivity index (χ4n) is 1.59. The summed E-state index contributed by atoms with van der Waals surface area (Å²) in [5, 5.41) is 0. The van der Waals surface area contributed by atoms with Crippen molar-refractivity contribution in [1.82, 2.24) is 0 Å². The molecule has 0 atom stereocenters. The summed E-state index contributed by atoms with van der Waals surface area (Å²) in [6.45, 7) is 1.87. The third-order valence-electron chi connectivity index (χ3n) is 3.01. The van der Waals surface area contributed by atoms with Gasteiger partial charge in [-0.05, 0) is 43.0 Å². The van der Waals surface area contributed by atoms with Gasteiger partial charge >= 0.3 is 0 Å². The van der Waals surface area contributed by atoms with Crippen molar-refractivity contribution in [2.24, 2.45) is 5.73 Å². The summed E-state index contributed by atoms with van der Waals surface area (Å²) in [5.41, 5.74) is 6.86. The molecule has 0 amide bonds. The van der Waals surface area contributed by atoms with Crippen LogP contribution in [-0.2, 0) is 11.2 Å². The molecule has 15 heavy (non-hydrogen) atoms. The topological polar surface area (TPSA) is 43.1 Å². The second kappa shape index (κ2) is 3.42. The lowest BCUT2D eigenvalue weighted by Crippen LogP contribution is -2.34. The van der Waals surface area contributed by atoms with Crippen LogP contribution in [-0.4, -0.2) is 11.3 Å². The third-order valence-corrected chi connectivity index (χ3v) is 3.01. The second-order valence-corrected chi connectivity index (χ2v) is 4.33. The van der Waals surface area contributed by atoms with Crippen LogP contribution in [0.5, 0.6) is 0 Å². The average molecular weight is 207 g/mol. The largest absolute Gasteiger partial charge is 0.319 e. The number of ketones is 1. The minimum absolute atomic E-state index is 0.0243. The quantitative estimate of drug-likeness (QED) is 0.820. The van der Waals surface area contributed by atoms with Crippen LogP contribution in [0, 0.1) is 12.7 Å². The van der Waals surface area contributed by atoms with Crippen LogP contribution in [0.15, 0.2) is 18.2 Å². The summed E-state index contributed by atoms with van der Waals surface area (Å²) in [7, 11) is 0. The number of benzene rings is 1. The fourth-order valence-corrected chi connectivity index (χ4v) is 1.59. The highest BCUT2D eigenvalue weighted by molar-refractivity contribution is 5.92. The van der Waals surface area contributed by atoms with Gasteiger partial charge in [-0.2, -0.15) is 0 Å². The van der Waals surface area contributed by atoms with E-state index in [2.05, 4.69) is 0 Å². The fraction of sp³-hybridized carbons (Fsp3) is 0.417. The summed E-state index contributed by atoms with van der Waals surface area (Å²) in [6, 6.07) is 4.51. The molecule has 0 saturated heterocycles. The second-order valence-electron chi connectivity index (χ2n) is 4.33. The van der Waals surface area contributed by atoms with Gasteiger partial charge in [-0.3, -0.25) is 4.79 Å². The molecule has 0 aliphatic heterocycles. The maximum Gasteiger partial charge on any atom is 0.157 e. The molecule has 2 nitrogen and oxygen atoms in total. The molecule has 3 heteroatoms. The van der Waals surface area contributed by atoms with Gasteiger partial charge < -0.3 is 5.73 Å². The number of Topliss-reactive ketones (excluding diaryl/α,β-unsaturated/α-hetero) is 1. The van der Waals surface area contributed by atoms with Crippen molar-refractivity contribution in [2.45, 2.75) is 31.7 Å². The van der Waals surface area contributed by atoms with Crippen molar-refractivity contribution < 1.29 is 9.18 Å². The molecule has 0 bridgehead atoms. The number of carbonyl (C=O) groups excluding carboxylic acids is 1. The predicted octanol–water partition coefficient (Wildman–Crippen LogP) is 1.74. The molecule has 80 valence electrons. The average Bonchev–Trinajstić information content (AvgIpc) is 2.91. The van der Waals surface area contributed by atoms with E-state index in [1.807, 2.05) is 6.92 Å². The van der Waals surface area contributed by atoms with E-state index in [0.717, 1.165) is 24.0 Å². The van der Waals surface area contributed by atoms with Gasteiger partial charge in [0.2, 0.25) is 0 Å². The van der Waals surface area contributed by atoms with Crippen LogP contribution < -0.4 is 5.73 Å². The number of hydrogen-bond donors (Lipinski definition) is 1. The van der Waals surface area contributed by atoms with Crippen LogP contribution in [0.1, 0.15) is 24.0 Å². The smallest absolute Gasteiger partial charge is 0.157 e. The van der Waals surface area contributed by atoms with Gasteiger partial charge in [0.15, 0.2) is 5.78 Å². The summed E-state index contributed by atoms with van der Waals surface area (Å²) in [4.78, 5) is 11.7. The highest BCUT2D eigenvalue weighted by atomic mass is 19.1. The third kappa shape index (κ3) is 2.07. The van der Waals surface area contributed by atoms with E-state index in [1.54, 1.807) is 6.07 Å². The molecule has 0 heterocycles. The summed E-state index contributed by atoms with van der Waals surface area (Å²) < 4.78 is 13.0. The van der Waals surface area contributed by atoms with E-state index in [-0.39, 0.29) is 18.0 Å². The molecule has 0 spiro atoms. The van der Waals surface area contributed by atoms with Crippen LogP contribution in [0.3, 0.4) is 0 Å². The Morgan fingerprint density at radius 1 is 1.53 bits per heavy atom. The zero-order valence-electron chi connectivity index (χ0n) is 8.72. The molecule has 0 unspecified atom stereocenters. The maximum atomic E-state index is 13.0. The lowest BCUT2D eigenvalue weighted by Gasteiger charge is -2.09. The van der Waals surface area contributed by atoms with Crippen molar-refractivity contribution in [3.8, 4) is 0 Å². The standard InChI is InChI=1S/C12H14FNO/c1-8-2-3-10(13)6-9(8)7-11(15)12(14)4-5-12/h2-3,6H,4-5,7,14H2,1H3. The highest BCUT2D eigenvalue weighted by Crippen LogP contribution is 2.34. The minimum atomic E-state index is -0.612. The van der Waals surface area contributed by atoms with Crippen LogP contribution in [0.4, 0.5) is 4.39 Å². The monoisotopic (exact) mass is 207 g/mol. The Morgan fingerprint density at radius 3 is 2.80 bits per heavy atom. The SMILES string of the molecule is Cc1ccc(F)cc1CC(=O)C1(N)CC1. The van der Waals surface area contributed by atoms with Gasteiger partial charge in [-0.25, -0.2) is 4.39 Å². The Hall–Kier alpha value is -1.22. The van der Waals surface area contributed by atoms with Crippen molar-refractivity contribution in [3.05, 3.63) is 35.1 Å². The minimum Gasteiger partial charge on any atom is -0.319 e. The van der Waals surface area contributed by atoms with E-state index >= 15 is 0 Å². The molecule has 1 fully saturated rings. The van der Waals surface area contributed by atoms with Crippen molar-refractivity contribution in [3.63, 3.8) is 0 Å².